The summed E-state index contributed by atoms with van der Waals surface area (Å²) in [6.45, 7) is 5.64. The molecular formula is C5H11ClMg. The number of rotatable bonds is 2. The van der Waals surface area contributed by atoms with E-state index >= 15 is 0 Å². The van der Waals surface area contributed by atoms with E-state index < -0.39 is 0 Å². The van der Waals surface area contributed by atoms with Gasteiger partial charge in [-0.05, 0) is 13.3 Å². The SMILES string of the molecule is C=C(C)CCCl.[H-].[H-].[Mg+2]. The maximum absolute atomic E-state index is 5.34. The van der Waals surface area contributed by atoms with E-state index in [-0.39, 0.29) is 25.9 Å². The van der Waals surface area contributed by atoms with Crippen LogP contribution >= 0.6 is 11.6 Å². The summed E-state index contributed by atoms with van der Waals surface area (Å²) in [7, 11) is 0. The summed E-state index contributed by atoms with van der Waals surface area (Å²) in [6, 6.07) is 0. The average molecular weight is 131 g/mol. The molecular weight excluding hydrogens is 120 g/mol. The first kappa shape index (κ1) is 10.7. The third-order valence-electron chi connectivity index (χ3n) is 0.521. The van der Waals surface area contributed by atoms with E-state index in [1.165, 1.54) is 0 Å². The van der Waals surface area contributed by atoms with Crippen molar-refractivity contribution < 1.29 is 2.85 Å². The van der Waals surface area contributed by atoms with Crippen LogP contribution in [0.2, 0.25) is 0 Å². The van der Waals surface area contributed by atoms with Crippen LogP contribution in [-0.2, 0) is 0 Å². The Kier molecular flexibility index (Phi) is 10.4. The van der Waals surface area contributed by atoms with Crippen LogP contribution in [0.4, 0.5) is 0 Å². The minimum atomic E-state index is 0. The molecule has 0 saturated heterocycles. The zero-order valence-electron chi connectivity index (χ0n) is 6.71. The van der Waals surface area contributed by atoms with Crippen LogP contribution in [0.25, 0.3) is 0 Å². The first-order valence-corrected chi connectivity index (χ1v) is 2.51. The zero-order valence-corrected chi connectivity index (χ0v) is 6.88. The summed E-state index contributed by atoms with van der Waals surface area (Å²) in [6.07, 6.45) is 0.946. The molecule has 2 heteroatoms. The minimum Gasteiger partial charge on any atom is -1.00 e. The number of hydrogen-bond donors (Lipinski definition) is 0. The van der Waals surface area contributed by atoms with Crippen LogP contribution in [0.1, 0.15) is 16.2 Å². The molecule has 0 aliphatic heterocycles. The third kappa shape index (κ3) is 10.8. The molecule has 0 unspecified atom stereocenters. The Labute approximate surface area is 69.1 Å². The minimum absolute atomic E-state index is 0. The van der Waals surface area contributed by atoms with Crippen LogP contribution in [0.5, 0.6) is 0 Å². The Morgan fingerprint density at radius 3 is 2.29 bits per heavy atom. The Hall–Kier alpha value is 0.796. The van der Waals surface area contributed by atoms with E-state index in [0.29, 0.717) is 5.88 Å². The fourth-order valence-electron chi connectivity index (χ4n) is 0.161. The quantitative estimate of drug-likeness (QED) is 0.305. The monoisotopic (exact) mass is 130 g/mol. The second-order valence-corrected chi connectivity index (χ2v) is 1.77. The molecule has 0 heterocycles. The summed E-state index contributed by atoms with van der Waals surface area (Å²) in [5.41, 5.74) is 1.16. The largest absolute Gasteiger partial charge is 2.00 e. The smallest absolute Gasteiger partial charge is 1.00 e. The van der Waals surface area contributed by atoms with E-state index in [2.05, 4.69) is 6.58 Å². The molecule has 0 bridgehead atoms. The van der Waals surface area contributed by atoms with Crippen LogP contribution in [0.3, 0.4) is 0 Å². The summed E-state index contributed by atoms with van der Waals surface area (Å²) < 4.78 is 0. The van der Waals surface area contributed by atoms with Gasteiger partial charge in [-0.3, -0.25) is 0 Å². The van der Waals surface area contributed by atoms with Gasteiger partial charge in [0.2, 0.25) is 0 Å². The zero-order chi connectivity index (χ0) is 4.99. The number of allylic oxidation sites excluding steroid dienone is 1. The van der Waals surface area contributed by atoms with Crippen molar-refractivity contribution in [2.24, 2.45) is 0 Å². The summed E-state index contributed by atoms with van der Waals surface area (Å²) >= 11 is 5.34. The molecule has 0 aromatic carbocycles. The summed E-state index contributed by atoms with van der Waals surface area (Å²) in [4.78, 5) is 0. The molecule has 0 aliphatic carbocycles. The maximum atomic E-state index is 5.34. The fraction of sp³-hybridized carbons (Fsp3) is 0.600. The van der Waals surface area contributed by atoms with Gasteiger partial charge in [0, 0.05) is 5.88 Å². The van der Waals surface area contributed by atoms with E-state index in [1.54, 1.807) is 0 Å². The van der Waals surface area contributed by atoms with Gasteiger partial charge in [-0.1, -0.05) is 5.57 Å². The summed E-state index contributed by atoms with van der Waals surface area (Å²) in [5.74, 6) is 0.704. The van der Waals surface area contributed by atoms with Gasteiger partial charge < -0.3 is 2.85 Å². The van der Waals surface area contributed by atoms with Gasteiger partial charge in [-0.25, -0.2) is 0 Å². The maximum Gasteiger partial charge on any atom is 2.00 e. The van der Waals surface area contributed by atoms with Crippen LogP contribution in [0, 0.1) is 0 Å². The van der Waals surface area contributed by atoms with Crippen LogP contribution < -0.4 is 0 Å². The standard InChI is InChI=1S/C5H9Cl.Mg.2H/c1-5(2)3-4-6;;;/h1,3-4H2,2H3;;;/q;+2;2*-1. The second-order valence-electron chi connectivity index (χ2n) is 1.40. The van der Waals surface area contributed by atoms with Crippen LogP contribution in [-0.4, -0.2) is 28.9 Å². The van der Waals surface area contributed by atoms with Gasteiger partial charge in [0.15, 0.2) is 0 Å². The molecule has 7 heavy (non-hydrogen) atoms. The Balaban J connectivity index is -0.0000000417. The molecule has 0 nitrogen and oxygen atoms in total. The van der Waals surface area contributed by atoms with Gasteiger partial charge in [0.1, 0.15) is 0 Å². The number of hydrogen-bond acceptors (Lipinski definition) is 0. The Morgan fingerprint density at radius 1 is 1.86 bits per heavy atom. The molecule has 40 valence electrons. The van der Waals surface area contributed by atoms with Gasteiger partial charge >= 0.3 is 23.1 Å². The van der Waals surface area contributed by atoms with E-state index in [1.807, 2.05) is 6.92 Å². The Morgan fingerprint density at radius 2 is 2.29 bits per heavy atom. The van der Waals surface area contributed by atoms with E-state index in [4.69, 9.17) is 11.6 Å². The fourth-order valence-corrected chi connectivity index (χ4v) is 0.484. The molecule has 0 amide bonds. The number of alkyl halides is 1. The van der Waals surface area contributed by atoms with Gasteiger partial charge in [-0.15, -0.1) is 18.2 Å². The predicted molar refractivity (Wildman–Crippen MR) is 38.1 cm³/mol. The Bertz CT molecular complexity index is 58.9. The average Bonchev–Trinajstić information content (AvgIpc) is 1.35. The van der Waals surface area contributed by atoms with Gasteiger partial charge in [-0.2, -0.15) is 0 Å². The van der Waals surface area contributed by atoms with E-state index in [9.17, 15) is 0 Å². The predicted octanol–water partition coefficient (Wildman–Crippen LogP) is 2.04. The molecule has 0 rings (SSSR count). The molecule has 0 fully saturated rings. The van der Waals surface area contributed by atoms with E-state index in [0.717, 1.165) is 12.0 Å². The van der Waals surface area contributed by atoms with Gasteiger partial charge in [0.25, 0.3) is 0 Å². The van der Waals surface area contributed by atoms with Crippen molar-refractivity contribution in [2.75, 3.05) is 5.88 Å². The first-order valence-electron chi connectivity index (χ1n) is 1.97. The first-order chi connectivity index (χ1) is 2.77. The summed E-state index contributed by atoms with van der Waals surface area (Å²) in [5, 5.41) is 0. The van der Waals surface area contributed by atoms with Crippen molar-refractivity contribution in [1.29, 1.82) is 0 Å². The molecule has 0 aromatic heterocycles. The van der Waals surface area contributed by atoms with Crippen molar-refractivity contribution in [1.82, 2.24) is 0 Å². The second kappa shape index (κ2) is 6.80. The molecule has 0 N–H and O–H groups in total. The molecule has 0 aliphatic rings. The topological polar surface area (TPSA) is 0 Å². The van der Waals surface area contributed by atoms with Gasteiger partial charge in [0.05, 0.1) is 0 Å². The van der Waals surface area contributed by atoms with Crippen molar-refractivity contribution in [3.8, 4) is 0 Å². The number of halogens is 1. The molecule has 0 radical (unpaired) electrons. The molecule has 0 atom stereocenters. The van der Waals surface area contributed by atoms with Crippen LogP contribution in [0.15, 0.2) is 12.2 Å². The van der Waals surface area contributed by atoms with Crippen molar-refractivity contribution in [3.63, 3.8) is 0 Å². The van der Waals surface area contributed by atoms with Crippen molar-refractivity contribution >= 4 is 34.7 Å². The van der Waals surface area contributed by atoms with Crippen molar-refractivity contribution in [3.05, 3.63) is 12.2 Å². The third-order valence-corrected chi connectivity index (χ3v) is 0.710. The normalized spacial score (nSPS) is 7.14. The molecule has 0 spiro atoms. The molecule has 0 aromatic rings. The van der Waals surface area contributed by atoms with Crippen molar-refractivity contribution in [2.45, 2.75) is 13.3 Å². The molecule has 0 saturated carbocycles.